The highest BCUT2D eigenvalue weighted by molar-refractivity contribution is 7.18. The van der Waals surface area contributed by atoms with Crippen molar-refractivity contribution in [2.45, 2.75) is 18.7 Å². The molecule has 1 unspecified atom stereocenters. The summed E-state index contributed by atoms with van der Waals surface area (Å²) in [7, 11) is 1.20. The lowest BCUT2D eigenvalue weighted by atomic mass is 10.2. The number of rotatable bonds is 5. The molecule has 0 radical (unpaired) electrons. The lowest BCUT2D eigenvalue weighted by molar-refractivity contribution is -0.172. The first kappa shape index (κ1) is 15.4. The lowest BCUT2D eigenvalue weighted by Gasteiger charge is -2.27. The number of para-hydroxylation sites is 1. The van der Waals surface area contributed by atoms with Gasteiger partial charge in [0.2, 0.25) is 5.91 Å². The molecule has 0 saturated carbocycles. The summed E-state index contributed by atoms with van der Waals surface area (Å²) < 4.78 is 5.89. The number of carboxylic acids is 1. The summed E-state index contributed by atoms with van der Waals surface area (Å²) in [4.78, 5) is 27.7. The minimum Gasteiger partial charge on any atom is -0.477 e. The molecule has 0 aliphatic carbocycles. The van der Waals surface area contributed by atoms with Gasteiger partial charge in [0.15, 0.2) is 5.01 Å². The third kappa shape index (κ3) is 2.73. The van der Waals surface area contributed by atoms with E-state index in [1.807, 2.05) is 12.1 Å². The molecule has 0 aliphatic heterocycles. The van der Waals surface area contributed by atoms with Gasteiger partial charge in [0, 0.05) is 7.11 Å². The Bertz CT molecular complexity index is 652. The molecule has 112 valence electrons. The summed E-state index contributed by atoms with van der Waals surface area (Å²) in [6.07, 6.45) is 0. The number of nitrogens with one attached hydrogen (secondary N) is 1. The SMILES string of the molecule is COC(NC(=O)[C@H](C)N)(C(=O)O)c1nc2ccccc2s1. The van der Waals surface area contributed by atoms with E-state index in [1.165, 1.54) is 14.0 Å². The van der Waals surface area contributed by atoms with Crippen LogP contribution in [0.15, 0.2) is 24.3 Å². The number of methoxy groups -OCH3 is 1. The smallest absolute Gasteiger partial charge is 0.365 e. The largest absolute Gasteiger partial charge is 0.477 e. The molecule has 7 nitrogen and oxygen atoms in total. The van der Waals surface area contributed by atoms with Gasteiger partial charge in [-0.2, -0.15) is 0 Å². The quantitative estimate of drug-likeness (QED) is 0.698. The van der Waals surface area contributed by atoms with Crippen molar-refractivity contribution in [2.75, 3.05) is 7.11 Å². The fourth-order valence-corrected chi connectivity index (χ4v) is 2.82. The summed E-state index contributed by atoms with van der Waals surface area (Å²) in [6, 6.07) is 6.31. The minimum atomic E-state index is -2.05. The number of hydrogen-bond acceptors (Lipinski definition) is 6. The van der Waals surface area contributed by atoms with Gasteiger partial charge in [-0.25, -0.2) is 9.78 Å². The van der Waals surface area contributed by atoms with E-state index in [0.717, 1.165) is 16.0 Å². The second kappa shape index (κ2) is 5.76. The predicted molar refractivity (Wildman–Crippen MR) is 77.7 cm³/mol. The van der Waals surface area contributed by atoms with Crippen molar-refractivity contribution in [1.82, 2.24) is 10.3 Å². The number of amides is 1. The fourth-order valence-electron chi connectivity index (χ4n) is 1.73. The molecule has 0 aliphatic rings. The van der Waals surface area contributed by atoms with Crippen LogP contribution in [0.2, 0.25) is 0 Å². The van der Waals surface area contributed by atoms with Gasteiger partial charge in [0.25, 0.3) is 5.72 Å². The van der Waals surface area contributed by atoms with Gasteiger partial charge in [0.1, 0.15) is 0 Å². The van der Waals surface area contributed by atoms with E-state index in [9.17, 15) is 14.7 Å². The van der Waals surface area contributed by atoms with Crippen LogP contribution < -0.4 is 11.1 Å². The van der Waals surface area contributed by atoms with Crippen LogP contribution in [0, 0.1) is 0 Å². The Morgan fingerprint density at radius 2 is 2.14 bits per heavy atom. The second-order valence-corrected chi connectivity index (χ2v) is 5.49. The molecule has 21 heavy (non-hydrogen) atoms. The number of fused-ring (bicyclic) bond motifs is 1. The first-order chi connectivity index (χ1) is 9.90. The highest BCUT2D eigenvalue weighted by Crippen LogP contribution is 2.31. The Kier molecular flexibility index (Phi) is 4.21. The zero-order chi connectivity index (χ0) is 15.6. The fraction of sp³-hybridized carbons (Fsp3) is 0.308. The molecule has 0 saturated heterocycles. The average molecular weight is 309 g/mol. The monoisotopic (exact) mass is 309 g/mol. The normalized spacial score (nSPS) is 15.4. The number of ether oxygens (including phenoxy) is 1. The Labute approximate surface area is 124 Å². The van der Waals surface area contributed by atoms with Crippen molar-refractivity contribution in [3.63, 3.8) is 0 Å². The summed E-state index contributed by atoms with van der Waals surface area (Å²) in [5.74, 6) is -2.00. The highest BCUT2D eigenvalue weighted by atomic mass is 32.1. The summed E-state index contributed by atoms with van der Waals surface area (Å²) in [6.45, 7) is 1.45. The third-order valence-electron chi connectivity index (χ3n) is 2.92. The van der Waals surface area contributed by atoms with Crippen LogP contribution in [-0.2, 0) is 20.1 Å². The van der Waals surface area contributed by atoms with Crippen molar-refractivity contribution >= 4 is 33.4 Å². The number of nitrogens with two attached hydrogens (primary N) is 1. The summed E-state index contributed by atoms with van der Waals surface area (Å²) in [5, 5.41) is 12.0. The van der Waals surface area contributed by atoms with E-state index in [2.05, 4.69) is 10.3 Å². The van der Waals surface area contributed by atoms with Gasteiger partial charge >= 0.3 is 5.97 Å². The van der Waals surface area contributed by atoms with Crippen molar-refractivity contribution in [3.05, 3.63) is 29.3 Å². The predicted octanol–water partition coefficient (Wildman–Crippen LogP) is 0.644. The Morgan fingerprint density at radius 3 is 2.67 bits per heavy atom. The number of carbonyl (C=O) groups excluding carboxylic acids is 1. The molecule has 2 rings (SSSR count). The lowest BCUT2D eigenvalue weighted by Crippen LogP contribution is -2.56. The van der Waals surface area contributed by atoms with Gasteiger partial charge in [-0.1, -0.05) is 12.1 Å². The molecule has 1 heterocycles. The first-order valence-corrected chi connectivity index (χ1v) is 6.94. The van der Waals surface area contributed by atoms with Crippen molar-refractivity contribution in [2.24, 2.45) is 5.73 Å². The molecular weight excluding hydrogens is 294 g/mol. The number of carbonyl (C=O) groups is 2. The van der Waals surface area contributed by atoms with E-state index in [-0.39, 0.29) is 5.01 Å². The zero-order valence-corrected chi connectivity index (χ0v) is 12.3. The van der Waals surface area contributed by atoms with E-state index >= 15 is 0 Å². The second-order valence-electron chi connectivity index (χ2n) is 4.46. The van der Waals surface area contributed by atoms with Gasteiger partial charge < -0.3 is 20.9 Å². The number of hydrogen-bond donors (Lipinski definition) is 3. The highest BCUT2D eigenvalue weighted by Gasteiger charge is 2.46. The van der Waals surface area contributed by atoms with E-state index < -0.39 is 23.6 Å². The standard InChI is InChI=1S/C13H15N3O4S/c1-7(14)10(17)16-13(20-2,12(18)19)11-15-8-5-3-4-6-9(8)21-11/h3-7H,14H2,1-2H3,(H,16,17)(H,18,19)/t7-,13?/m0/s1. The van der Waals surface area contributed by atoms with Crippen LogP contribution in [0.3, 0.4) is 0 Å². The topological polar surface area (TPSA) is 115 Å². The zero-order valence-electron chi connectivity index (χ0n) is 11.5. The molecule has 1 aromatic heterocycles. The van der Waals surface area contributed by atoms with Crippen LogP contribution >= 0.6 is 11.3 Å². The molecule has 0 spiro atoms. The Balaban J connectivity index is 2.53. The summed E-state index contributed by atoms with van der Waals surface area (Å²) >= 11 is 1.14. The molecule has 0 bridgehead atoms. The van der Waals surface area contributed by atoms with Crippen molar-refractivity contribution in [1.29, 1.82) is 0 Å². The maximum absolute atomic E-state index is 11.8. The molecular formula is C13H15N3O4S. The van der Waals surface area contributed by atoms with Crippen LogP contribution in [0.4, 0.5) is 0 Å². The third-order valence-corrected chi connectivity index (χ3v) is 4.05. The van der Waals surface area contributed by atoms with Crippen LogP contribution in [0.5, 0.6) is 0 Å². The van der Waals surface area contributed by atoms with E-state index in [0.29, 0.717) is 5.52 Å². The van der Waals surface area contributed by atoms with E-state index in [4.69, 9.17) is 10.5 Å². The number of aromatic nitrogens is 1. The molecule has 2 atom stereocenters. The number of carboxylic acid groups (broad SMARTS) is 1. The molecule has 8 heteroatoms. The van der Waals surface area contributed by atoms with Crippen LogP contribution in [-0.4, -0.2) is 35.1 Å². The van der Waals surface area contributed by atoms with Gasteiger partial charge in [-0.3, -0.25) is 4.79 Å². The number of nitrogens with zero attached hydrogens (tertiary/aromatic N) is 1. The minimum absolute atomic E-state index is 0.132. The maximum atomic E-state index is 11.8. The average Bonchev–Trinajstić information content (AvgIpc) is 2.88. The molecule has 1 aromatic carbocycles. The molecule has 2 aromatic rings. The number of benzene rings is 1. The van der Waals surface area contributed by atoms with Crippen LogP contribution in [0.25, 0.3) is 10.2 Å². The number of thiazole rings is 1. The van der Waals surface area contributed by atoms with Crippen molar-refractivity contribution in [3.8, 4) is 0 Å². The van der Waals surface area contributed by atoms with Crippen LogP contribution in [0.1, 0.15) is 11.9 Å². The first-order valence-electron chi connectivity index (χ1n) is 6.13. The van der Waals surface area contributed by atoms with Gasteiger partial charge in [0.05, 0.1) is 16.3 Å². The number of aliphatic carboxylic acids is 1. The Morgan fingerprint density at radius 1 is 1.48 bits per heavy atom. The van der Waals surface area contributed by atoms with Gasteiger partial charge in [-0.15, -0.1) is 11.3 Å². The summed E-state index contributed by atoms with van der Waals surface area (Å²) in [5.41, 5.74) is 4.06. The van der Waals surface area contributed by atoms with E-state index in [1.54, 1.807) is 12.1 Å². The molecule has 1 amide bonds. The molecule has 0 fully saturated rings. The van der Waals surface area contributed by atoms with Gasteiger partial charge in [-0.05, 0) is 19.1 Å². The Hall–Kier alpha value is -2.03. The molecule has 4 N–H and O–H groups in total. The van der Waals surface area contributed by atoms with Crippen molar-refractivity contribution < 1.29 is 19.4 Å². The maximum Gasteiger partial charge on any atom is 0.365 e.